The Morgan fingerprint density at radius 2 is 2.16 bits per heavy atom. The Kier molecular flexibility index (Phi) is 5.63. The van der Waals surface area contributed by atoms with Crippen molar-refractivity contribution in [2.45, 2.75) is 46.1 Å². The molecular weight excluding hydrogens is 314 g/mol. The fraction of sp³-hybridized carbons (Fsp3) is 0.667. The van der Waals surface area contributed by atoms with E-state index in [1.54, 1.807) is 6.33 Å². The first-order valence-corrected chi connectivity index (χ1v) is 9.17. The third kappa shape index (κ3) is 4.75. The summed E-state index contributed by atoms with van der Waals surface area (Å²) in [6.45, 7) is 9.39. The van der Waals surface area contributed by atoms with Crippen molar-refractivity contribution in [2.24, 2.45) is 13.0 Å². The van der Waals surface area contributed by atoms with Crippen LogP contribution in [0.3, 0.4) is 0 Å². The fourth-order valence-corrected chi connectivity index (χ4v) is 3.32. The van der Waals surface area contributed by atoms with Gasteiger partial charge >= 0.3 is 0 Å². The molecule has 0 amide bonds. The molecule has 1 saturated heterocycles. The molecule has 0 aromatic carbocycles. The van der Waals surface area contributed by atoms with Crippen molar-refractivity contribution < 1.29 is 0 Å². The lowest BCUT2D eigenvalue weighted by molar-refractivity contribution is 0.541. The van der Waals surface area contributed by atoms with Gasteiger partial charge in [-0.3, -0.25) is 4.68 Å². The molecule has 0 radical (unpaired) electrons. The number of nitrogens with one attached hydrogen (secondary N) is 1. The molecule has 7 heteroatoms. The van der Waals surface area contributed by atoms with Crippen molar-refractivity contribution in [1.29, 1.82) is 0 Å². The average Bonchev–Trinajstić information content (AvgIpc) is 3.16. The van der Waals surface area contributed by atoms with Crippen LogP contribution in [-0.4, -0.2) is 50.4 Å². The molecule has 1 fully saturated rings. The average molecular weight is 343 g/mol. The molecule has 3 rings (SSSR count). The van der Waals surface area contributed by atoms with E-state index in [-0.39, 0.29) is 0 Å². The molecule has 2 aromatic heterocycles. The van der Waals surface area contributed by atoms with E-state index in [0.717, 1.165) is 62.1 Å². The van der Waals surface area contributed by atoms with Gasteiger partial charge in [-0.1, -0.05) is 13.8 Å². The standard InChI is InChI=1S/C18H29N7/c1-13(2)9-16-10-14(3)22-18(23-16)25-8-6-15(11-25)19-7-5-17-20-12-21-24(17)4/h10,12-13,15,19H,5-9,11H2,1-4H3/t15-/m0/s1. The Bertz CT molecular complexity index is 694. The van der Waals surface area contributed by atoms with Crippen LogP contribution >= 0.6 is 0 Å². The van der Waals surface area contributed by atoms with Gasteiger partial charge in [0.2, 0.25) is 5.95 Å². The second kappa shape index (κ2) is 7.91. The number of aryl methyl sites for hydroxylation is 2. The number of nitrogens with zero attached hydrogens (tertiary/aromatic N) is 6. The molecule has 0 aliphatic carbocycles. The van der Waals surface area contributed by atoms with Gasteiger partial charge in [0.1, 0.15) is 12.2 Å². The Morgan fingerprint density at radius 3 is 2.88 bits per heavy atom. The van der Waals surface area contributed by atoms with Crippen LogP contribution in [-0.2, 0) is 19.9 Å². The van der Waals surface area contributed by atoms with Gasteiger partial charge in [-0.15, -0.1) is 0 Å². The molecule has 0 bridgehead atoms. The van der Waals surface area contributed by atoms with E-state index >= 15 is 0 Å². The molecule has 1 N–H and O–H groups in total. The predicted octanol–water partition coefficient (Wildman–Crippen LogP) is 1.52. The summed E-state index contributed by atoms with van der Waals surface area (Å²) in [4.78, 5) is 16.0. The van der Waals surface area contributed by atoms with E-state index < -0.39 is 0 Å². The maximum atomic E-state index is 4.79. The number of anilines is 1. The molecule has 2 aromatic rings. The summed E-state index contributed by atoms with van der Waals surface area (Å²) in [5.41, 5.74) is 2.20. The second-order valence-electron chi connectivity index (χ2n) is 7.33. The molecule has 0 saturated carbocycles. The van der Waals surface area contributed by atoms with Gasteiger partial charge < -0.3 is 10.2 Å². The van der Waals surface area contributed by atoms with Crippen LogP contribution in [0.2, 0.25) is 0 Å². The van der Waals surface area contributed by atoms with E-state index in [0.29, 0.717) is 12.0 Å². The van der Waals surface area contributed by atoms with E-state index in [2.05, 4.69) is 52.1 Å². The van der Waals surface area contributed by atoms with Crippen LogP contribution in [0.4, 0.5) is 5.95 Å². The van der Waals surface area contributed by atoms with E-state index in [1.807, 2.05) is 11.7 Å². The van der Waals surface area contributed by atoms with Gasteiger partial charge in [0.25, 0.3) is 0 Å². The lowest BCUT2D eigenvalue weighted by Crippen LogP contribution is -2.34. The number of aromatic nitrogens is 5. The molecular formula is C18H29N7. The molecule has 1 aliphatic heterocycles. The minimum Gasteiger partial charge on any atom is -0.339 e. The van der Waals surface area contributed by atoms with E-state index in [1.165, 1.54) is 0 Å². The van der Waals surface area contributed by atoms with Crippen LogP contribution in [0.25, 0.3) is 0 Å². The van der Waals surface area contributed by atoms with Gasteiger partial charge in [0.05, 0.1) is 0 Å². The summed E-state index contributed by atoms with van der Waals surface area (Å²) in [6.07, 6.45) is 4.63. The zero-order valence-corrected chi connectivity index (χ0v) is 15.7. The number of rotatable bonds is 7. The lowest BCUT2D eigenvalue weighted by Gasteiger charge is -2.18. The third-order valence-corrected chi connectivity index (χ3v) is 4.57. The van der Waals surface area contributed by atoms with Gasteiger partial charge in [-0.2, -0.15) is 5.10 Å². The first kappa shape index (κ1) is 17.8. The minimum atomic E-state index is 0.478. The summed E-state index contributed by atoms with van der Waals surface area (Å²) < 4.78 is 1.83. The fourth-order valence-electron chi connectivity index (χ4n) is 3.32. The summed E-state index contributed by atoms with van der Waals surface area (Å²) in [6, 6.07) is 2.59. The Morgan fingerprint density at radius 1 is 1.32 bits per heavy atom. The van der Waals surface area contributed by atoms with E-state index in [4.69, 9.17) is 4.98 Å². The second-order valence-corrected chi connectivity index (χ2v) is 7.33. The van der Waals surface area contributed by atoms with Crippen LogP contribution in [0.15, 0.2) is 12.4 Å². The van der Waals surface area contributed by atoms with Crippen LogP contribution < -0.4 is 10.2 Å². The van der Waals surface area contributed by atoms with Crippen molar-refractivity contribution in [3.63, 3.8) is 0 Å². The largest absolute Gasteiger partial charge is 0.339 e. The highest BCUT2D eigenvalue weighted by Gasteiger charge is 2.24. The molecule has 25 heavy (non-hydrogen) atoms. The molecule has 136 valence electrons. The van der Waals surface area contributed by atoms with Crippen molar-refractivity contribution in [3.05, 3.63) is 29.6 Å². The first-order valence-electron chi connectivity index (χ1n) is 9.17. The normalized spacial score (nSPS) is 17.6. The zero-order valence-electron chi connectivity index (χ0n) is 15.7. The Hall–Kier alpha value is -2.02. The van der Waals surface area contributed by atoms with Crippen molar-refractivity contribution in [1.82, 2.24) is 30.0 Å². The van der Waals surface area contributed by atoms with Crippen molar-refractivity contribution in [3.8, 4) is 0 Å². The van der Waals surface area contributed by atoms with E-state index in [9.17, 15) is 0 Å². The predicted molar refractivity (Wildman–Crippen MR) is 98.6 cm³/mol. The van der Waals surface area contributed by atoms with Gasteiger partial charge in [0, 0.05) is 50.5 Å². The smallest absolute Gasteiger partial charge is 0.225 e. The van der Waals surface area contributed by atoms with Gasteiger partial charge in [-0.05, 0) is 31.7 Å². The first-order chi connectivity index (χ1) is 12.0. The van der Waals surface area contributed by atoms with Gasteiger partial charge in [-0.25, -0.2) is 15.0 Å². The number of hydrogen-bond donors (Lipinski definition) is 1. The summed E-state index contributed by atoms with van der Waals surface area (Å²) in [7, 11) is 1.93. The Labute approximate surface area is 149 Å². The van der Waals surface area contributed by atoms with Crippen molar-refractivity contribution in [2.75, 3.05) is 24.5 Å². The topological polar surface area (TPSA) is 71.8 Å². The maximum absolute atomic E-state index is 4.79. The highest BCUT2D eigenvalue weighted by Crippen LogP contribution is 2.18. The van der Waals surface area contributed by atoms with Crippen LogP contribution in [0.5, 0.6) is 0 Å². The lowest BCUT2D eigenvalue weighted by atomic mass is 10.1. The van der Waals surface area contributed by atoms with Gasteiger partial charge in [0.15, 0.2) is 0 Å². The zero-order chi connectivity index (χ0) is 17.8. The highest BCUT2D eigenvalue weighted by molar-refractivity contribution is 5.34. The highest BCUT2D eigenvalue weighted by atomic mass is 15.3. The molecule has 0 spiro atoms. The molecule has 3 heterocycles. The monoisotopic (exact) mass is 343 g/mol. The SMILES string of the molecule is Cc1cc(CC(C)C)nc(N2CC[C@H](NCCc3ncnn3C)C2)n1. The summed E-state index contributed by atoms with van der Waals surface area (Å²) in [5.74, 6) is 2.51. The molecule has 1 aliphatic rings. The molecule has 0 unspecified atom stereocenters. The summed E-state index contributed by atoms with van der Waals surface area (Å²) in [5, 5.41) is 7.74. The molecule has 1 atom stereocenters. The molecule has 7 nitrogen and oxygen atoms in total. The quantitative estimate of drug-likeness (QED) is 0.822. The third-order valence-electron chi connectivity index (χ3n) is 4.57. The number of hydrogen-bond acceptors (Lipinski definition) is 6. The summed E-state index contributed by atoms with van der Waals surface area (Å²) >= 11 is 0. The Balaban J connectivity index is 1.53. The minimum absolute atomic E-state index is 0.478. The maximum Gasteiger partial charge on any atom is 0.225 e. The van der Waals surface area contributed by atoms with Crippen LogP contribution in [0.1, 0.15) is 37.5 Å². The van der Waals surface area contributed by atoms with Crippen molar-refractivity contribution >= 4 is 5.95 Å². The van der Waals surface area contributed by atoms with Crippen LogP contribution in [0, 0.1) is 12.8 Å².